The Labute approximate surface area is 138 Å². The third-order valence-electron chi connectivity index (χ3n) is 3.38. The highest BCUT2D eigenvalue weighted by molar-refractivity contribution is 5.85. The highest BCUT2D eigenvalue weighted by atomic mass is 35.5. The Morgan fingerprint density at radius 2 is 1.91 bits per heavy atom. The van der Waals surface area contributed by atoms with Crippen LogP contribution < -0.4 is 14.8 Å². The minimum atomic E-state index is 0. The zero-order valence-electron chi connectivity index (χ0n) is 13.2. The first-order valence-electron chi connectivity index (χ1n) is 7.56. The highest BCUT2D eigenvalue weighted by Crippen LogP contribution is 2.17. The first-order valence-corrected chi connectivity index (χ1v) is 7.56. The Morgan fingerprint density at radius 3 is 2.50 bits per heavy atom. The first-order chi connectivity index (χ1) is 10.2. The Kier molecular flexibility index (Phi) is 8.06. The molecular formula is C16H25ClN2O3. The summed E-state index contributed by atoms with van der Waals surface area (Å²) < 4.78 is 11.1. The predicted molar refractivity (Wildman–Crippen MR) is 89.0 cm³/mol. The van der Waals surface area contributed by atoms with Crippen LogP contribution in [-0.4, -0.2) is 49.7 Å². The van der Waals surface area contributed by atoms with Crippen molar-refractivity contribution >= 4 is 18.3 Å². The second kappa shape index (κ2) is 9.54. The predicted octanol–water partition coefficient (Wildman–Crippen LogP) is 2.10. The molecule has 0 saturated carbocycles. The number of rotatable bonds is 6. The third kappa shape index (κ3) is 5.73. The molecule has 22 heavy (non-hydrogen) atoms. The number of amides is 1. The summed E-state index contributed by atoms with van der Waals surface area (Å²) in [7, 11) is 0. The van der Waals surface area contributed by atoms with E-state index in [9.17, 15) is 4.79 Å². The Morgan fingerprint density at radius 1 is 1.27 bits per heavy atom. The van der Waals surface area contributed by atoms with Gasteiger partial charge in [0.2, 0.25) is 0 Å². The Balaban J connectivity index is 0.00000242. The van der Waals surface area contributed by atoms with Gasteiger partial charge in [0.05, 0.1) is 6.61 Å². The lowest BCUT2D eigenvalue weighted by Gasteiger charge is -2.31. The molecule has 0 aliphatic carbocycles. The smallest absolute Gasteiger partial charge is 0.260 e. The largest absolute Gasteiger partial charge is 0.494 e. The maximum absolute atomic E-state index is 12.1. The van der Waals surface area contributed by atoms with E-state index >= 15 is 0 Å². The maximum atomic E-state index is 12.1. The van der Waals surface area contributed by atoms with E-state index in [4.69, 9.17) is 9.47 Å². The molecular weight excluding hydrogens is 304 g/mol. The van der Waals surface area contributed by atoms with Crippen molar-refractivity contribution in [2.75, 3.05) is 32.8 Å². The van der Waals surface area contributed by atoms with Crippen molar-refractivity contribution in [1.29, 1.82) is 0 Å². The van der Waals surface area contributed by atoms with Crippen LogP contribution in [0.4, 0.5) is 0 Å². The van der Waals surface area contributed by atoms with E-state index < -0.39 is 0 Å². The average Bonchev–Trinajstić information content (AvgIpc) is 2.51. The van der Waals surface area contributed by atoms with Gasteiger partial charge in [-0.15, -0.1) is 12.4 Å². The Bertz CT molecular complexity index is 453. The number of hydrogen-bond donors (Lipinski definition) is 1. The normalized spacial score (nSPS) is 17.5. The molecule has 1 unspecified atom stereocenters. The summed E-state index contributed by atoms with van der Waals surface area (Å²) in [5, 5.41) is 3.31. The third-order valence-corrected chi connectivity index (χ3v) is 3.38. The second-order valence-electron chi connectivity index (χ2n) is 5.30. The fourth-order valence-electron chi connectivity index (χ4n) is 2.25. The van der Waals surface area contributed by atoms with E-state index in [0.717, 1.165) is 31.8 Å². The molecule has 2 rings (SSSR count). The monoisotopic (exact) mass is 328 g/mol. The summed E-state index contributed by atoms with van der Waals surface area (Å²) in [6, 6.07) is 7.74. The molecule has 1 aliphatic heterocycles. The van der Waals surface area contributed by atoms with E-state index in [-0.39, 0.29) is 24.9 Å². The minimum Gasteiger partial charge on any atom is -0.494 e. The van der Waals surface area contributed by atoms with Crippen LogP contribution >= 0.6 is 12.4 Å². The lowest BCUT2D eigenvalue weighted by molar-refractivity contribution is -0.134. The van der Waals surface area contributed by atoms with Crippen LogP contribution in [-0.2, 0) is 4.79 Å². The molecule has 1 N–H and O–H groups in total. The molecule has 1 heterocycles. The molecule has 0 bridgehead atoms. The molecule has 6 heteroatoms. The SMILES string of the molecule is CCCOc1ccc(OCC(=O)N2CCNC(C)C2)cc1.Cl. The fraction of sp³-hybridized carbons (Fsp3) is 0.562. The number of benzene rings is 1. The molecule has 1 aliphatic rings. The van der Waals surface area contributed by atoms with Crippen LogP contribution in [0, 0.1) is 0 Å². The topological polar surface area (TPSA) is 50.8 Å². The summed E-state index contributed by atoms with van der Waals surface area (Å²) in [4.78, 5) is 13.9. The molecule has 0 radical (unpaired) electrons. The van der Waals surface area contributed by atoms with Crippen molar-refractivity contribution in [3.63, 3.8) is 0 Å². The zero-order valence-corrected chi connectivity index (χ0v) is 14.0. The lowest BCUT2D eigenvalue weighted by Crippen LogP contribution is -2.52. The first kappa shape index (κ1) is 18.6. The second-order valence-corrected chi connectivity index (χ2v) is 5.30. The summed E-state index contributed by atoms with van der Waals surface area (Å²) in [6.07, 6.45) is 0.982. The lowest BCUT2D eigenvalue weighted by atomic mass is 10.2. The molecule has 5 nitrogen and oxygen atoms in total. The molecule has 1 saturated heterocycles. The van der Waals surface area contributed by atoms with Gasteiger partial charge in [0.15, 0.2) is 6.61 Å². The van der Waals surface area contributed by atoms with Gasteiger partial charge >= 0.3 is 0 Å². The zero-order chi connectivity index (χ0) is 15.1. The van der Waals surface area contributed by atoms with Crippen molar-refractivity contribution in [3.05, 3.63) is 24.3 Å². The van der Waals surface area contributed by atoms with Crippen LogP contribution in [0.5, 0.6) is 11.5 Å². The van der Waals surface area contributed by atoms with Crippen LogP contribution in [0.2, 0.25) is 0 Å². The summed E-state index contributed by atoms with van der Waals surface area (Å²) in [6.45, 7) is 7.27. The van der Waals surface area contributed by atoms with Gasteiger partial charge in [0, 0.05) is 25.7 Å². The van der Waals surface area contributed by atoms with Gasteiger partial charge in [0.25, 0.3) is 5.91 Å². The van der Waals surface area contributed by atoms with Gasteiger partial charge < -0.3 is 19.7 Å². The number of ether oxygens (including phenoxy) is 2. The van der Waals surface area contributed by atoms with Gasteiger partial charge in [-0.1, -0.05) is 6.92 Å². The molecule has 124 valence electrons. The number of halogens is 1. The van der Waals surface area contributed by atoms with Crippen molar-refractivity contribution < 1.29 is 14.3 Å². The van der Waals surface area contributed by atoms with Gasteiger partial charge in [0.1, 0.15) is 11.5 Å². The molecule has 1 atom stereocenters. The summed E-state index contributed by atoms with van der Waals surface area (Å²) >= 11 is 0. The number of carbonyl (C=O) groups excluding carboxylic acids is 1. The van der Waals surface area contributed by atoms with Crippen LogP contribution in [0.25, 0.3) is 0 Å². The minimum absolute atomic E-state index is 0. The molecule has 1 aromatic rings. The number of carbonyl (C=O) groups is 1. The Hall–Kier alpha value is -1.46. The van der Waals surface area contributed by atoms with Crippen molar-refractivity contribution in [3.8, 4) is 11.5 Å². The van der Waals surface area contributed by atoms with Gasteiger partial charge in [-0.2, -0.15) is 0 Å². The quantitative estimate of drug-likeness (QED) is 0.869. The van der Waals surface area contributed by atoms with Crippen molar-refractivity contribution in [2.45, 2.75) is 26.3 Å². The van der Waals surface area contributed by atoms with E-state index in [1.165, 1.54) is 0 Å². The number of piperazine rings is 1. The van der Waals surface area contributed by atoms with Crippen LogP contribution in [0.1, 0.15) is 20.3 Å². The van der Waals surface area contributed by atoms with Crippen LogP contribution in [0.15, 0.2) is 24.3 Å². The van der Waals surface area contributed by atoms with Gasteiger partial charge in [-0.3, -0.25) is 4.79 Å². The van der Waals surface area contributed by atoms with E-state index in [2.05, 4.69) is 19.2 Å². The fourth-order valence-corrected chi connectivity index (χ4v) is 2.25. The van der Waals surface area contributed by atoms with Crippen molar-refractivity contribution in [2.24, 2.45) is 0 Å². The van der Waals surface area contributed by atoms with E-state index in [1.54, 1.807) is 0 Å². The molecule has 1 aromatic carbocycles. The number of nitrogens with zero attached hydrogens (tertiary/aromatic N) is 1. The maximum Gasteiger partial charge on any atom is 0.260 e. The number of nitrogens with one attached hydrogen (secondary N) is 1. The van der Waals surface area contributed by atoms with Crippen molar-refractivity contribution in [1.82, 2.24) is 10.2 Å². The molecule has 0 spiro atoms. The van der Waals surface area contributed by atoms with Gasteiger partial charge in [-0.25, -0.2) is 0 Å². The molecule has 0 aromatic heterocycles. The number of hydrogen-bond acceptors (Lipinski definition) is 4. The van der Waals surface area contributed by atoms with Gasteiger partial charge in [-0.05, 0) is 37.6 Å². The highest BCUT2D eigenvalue weighted by Gasteiger charge is 2.20. The van der Waals surface area contributed by atoms with E-state index in [0.29, 0.717) is 18.4 Å². The molecule has 1 amide bonds. The summed E-state index contributed by atoms with van der Waals surface area (Å²) in [5.74, 6) is 1.55. The standard InChI is InChI=1S/C16H24N2O3.ClH/c1-3-10-20-14-4-6-15(7-5-14)21-12-16(19)18-9-8-17-13(2)11-18;/h4-7,13,17H,3,8-12H2,1-2H3;1H. The molecule has 1 fully saturated rings. The van der Waals surface area contributed by atoms with E-state index in [1.807, 2.05) is 29.2 Å². The summed E-state index contributed by atoms with van der Waals surface area (Å²) in [5.41, 5.74) is 0. The average molecular weight is 329 g/mol. The van der Waals surface area contributed by atoms with Crippen LogP contribution in [0.3, 0.4) is 0 Å².